The van der Waals surface area contributed by atoms with Gasteiger partial charge in [0.2, 0.25) is 0 Å². The Bertz CT molecular complexity index is 5770. The molecule has 3 aromatic carbocycles. The van der Waals surface area contributed by atoms with Crippen molar-refractivity contribution in [3.8, 4) is 44.5 Å². The fourth-order valence-electron chi connectivity index (χ4n) is 19.9. The van der Waals surface area contributed by atoms with Crippen LogP contribution in [-0.4, -0.2) is 194 Å². The molecule has 8 N–H and O–H groups in total. The molecule has 12 aromatic rings. The van der Waals surface area contributed by atoms with Gasteiger partial charge in [0, 0.05) is 128 Å². The van der Waals surface area contributed by atoms with Gasteiger partial charge in [-0.2, -0.15) is 0 Å². The first kappa shape index (κ1) is 81.7. The summed E-state index contributed by atoms with van der Waals surface area (Å²) in [5, 5.41) is 3.78. The van der Waals surface area contributed by atoms with Gasteiger partial charge in [-0.15, -0.1) is 0 Å². The van der Waals surface area contributed by atoms with Gasteiger partial charge in [-0.05, 0) is 243 Å². The highest BCUT2D eigenvalue weighted by molar-refractivity contribution is 7.90. The van der Waals surface area contributed by atoms with Gasteiger partial charge >= 0.3 is 5.97 Å². The first-order valence-electron chi connectivity index (χ1n) is 44.9. The van der Waals surface area contributed by atoms with Crippen LogP contribution >= 0.6 is 0 Å². The highest BCUT2D eigenvalue weighted by Crippen LogP contribution is 2.49. The zero-order chi connectivity index (χ0) is 82.8. The maximum atomic E-state index is 11.8. The summed E-state index contributed by atoms with van der Waals surface area (Å²) in [7, 11) is -3.03. The van der Waals surface area contributed by atoms with E-state index in [1.54, 1.807) is 31.4 Å². The number of nitrogens with zero attached hydrogens (tertiary/aromatic N) is 17. The van der Waals surface area contributed by atoms with Crippen LogP contribution in [0.5, 0.6) is 0 Å². The third-order valence-corrected chi connectivity index (χ3v) is 28.8. The number of rotatable bonds is 27. The Morgan fingerprint density at radius 3 is 1.09 bits per heavy atom. The summed E-state index contributed by atoms with van der Waals surface area (Å²) in [5.74, 6) is 6.17. The number of benzene rings is 3. The lowest BCUT2D eigenvalue weighted by molar-refractivity contribution is -0.143. The number of ether oxygens (including phenoxy) is 1. The van der Waals surface area contributed by atoms with E-state index in [-0.39, 0.29) is 11.7 Å². The monoisotopic (exact) mass is 1650 g/mol. The number of esters is 1. The van der Waals surface area contributed by atoms with E-state index in [0.717, 1.165) is 132 Å². The number of carbonyl (C=O) groups is 1. The molecule has 0 spiro atoms. The van der Waals surface area contributed by atoms with Crippen LogP contribution in [0.3, 0.4) is 0 Å². The smallest absolute Gasteiger partial charge is 0.306 e. The van der Waals surface area contributed by atoms with Gasteiger partial charge in [0.05, 0.1) is 33.9 Å². The summed E-state index contributed by atoms with van der Waals surface area (Å²) >= 11 is 0. The lowest BCUT2D eigenvalue weighted by Gasteiger charge is -2.42. The van der Waals surface area contributed by atoms with Crippen molar-refractivity contribution in [3.63, 3.8) is 0 Å². The van der Waals surface area contributed by atoms with E-state index in [1.165, 1.54) is 215 Å². The molecule has 0 bridgehead atoms. The second-order valence-corrected chi connectivity index (χ2v) is 38.5. The van der Waals surface area contributed by atoms with Crippen molar-refractivity contribution >= 4 is 83.2 Å². The summed E-state index contributed by atoms with van der Waals surface area (Å²) in [4.78, 5) is 61.9. The van der Waals surface area contributed by atoms with Gasteiger partial charge in [-0.25, -0.2) is 48.3 Å². The average Bonchev–Trinajstić information content (AvgIpc) is 1.62. The molecule has 5 aliphatic carbocycles. The minimum atomic E-state index is -3.03. The number of likely N-dealkylation sites (tertiary alicyclic amines) is 4. The number of nitrogen functional groups attached to an aromatic ring is 4. The van der Waals surface area contributed by atoms with Crippen LogP contribution in [0.4, 0.5) is 23.3 Å². The number of anilines is 4. The van der Waals surface area contributed by atoms with Crippen molar-refractivity contribution in [1.29, 1.82) is 0 Å². The molecule has 9 aromatic heterocycles. The Balaban J connectivity index is 0.000000111. The highest BCUT2D eigenvalue weighted by atomic mass is 32.2. The minimum absolute atomic E-state index is 0.103. The van der Waals surface area contributed by atoms with E-state index >= 15 is 0 Å². The second-order valence-electron chi connectivity index (χ2n) is 36.3. The maximum Gasteiger partial charge on any atom is 0.306 e. The zero-order valence-electron chi connectivity index (χ0n) is 70.7. The van der Waals surface area contributed by atoms with Crippen LogP contribution in [-0.2, 0) is 45.1 Å². The number of sulfone groups is 1. The fraction of sp³-hybridized carbons (Fsp3) is 0.495. The molecule has 9 fully saturated rings. The Morgan fingerprint density at radius 1 is 0.413 bits per heavy atom. The number of carbonyl (C=O) groups excluding carboxylic acids is 1. The molecular weight excluding hydrogens is 1530 g/mol. The molecule has 9 aliphatic rings. The molecule has 4 aliphatic heterocycles. The van der Waals surface area contributed by atoms with Crippen LogP contribution in [0.2, 0.25) is 0 Å². The van der Waals surface area contributed by atoms with Gasteiger partial charge in [-0.3, -0.25) is 9.78 Å². The van der Waals surface area contributed by atoms with Crippen molar-refractivity contribution in [1.82, 2.24) is 82.7 Å². The molecular formula is C95H119N21O4S. The third kappa shape index (κ3) is 18.2. The molecule has 25 nitrogen and oxygen atoms in total. The van der Waals surface area contributed by atoms with Crippen LogP contribution in [0, 0.1) is 29.6 Å². The summed E-state index contributed by atoms with van der Waals surface area (Å²) < 4.78 is 37.5. The molecule has 4 saturated heterocycles. The molecule has 21 rings (SSSR count). The van der Waals surface area contributed by atoms with Crippen LogP contribution in [0.1, 0.15) is 169 Å². The molecule has 26 heteroatoms. The molecule has 5 saturated carbocycles. The van der Waals surface area contributed by atoms with Gasteiger partial charge in [0.1, 0.15) is 81.0 Å². The number of hydrogen-bond acceptors (Lipinski definition) is 21. The van der Waals surface area contributed by atoms with Crippen molar-refractivity contribution < 1.29 is 17.9 Å². The SMILES string of the molecule is CCOC(=O)CCc1cccc(-c2cn(C3CC(CN4CCC4)C3)c3ncnc(N)c23)c1.CCc1cccc(-c2cn(C3CC(CN4CCC4)C3)c3ncnc(N)c23)c1.CS(=O)(=O)CCc1cncc(-c2cn(C3CC(CN4CCC4)C3)c3ncnc(N)c23)c1.Nc1ncnc2c1c(-c1cccc(CCC3CCC3)c1)cn2C1CC(CN2CCC2)C1. The number of pyridine rings is 1. The van der Waals surface area contributed by atoms with Crippen molar-refractivity contribution in [2.75, 3.05) is 120 Å². The molecule has 634 valence electrons. The van der Waals surface area contributed by atoms with E-state index in [9.17, 15) is 13.2 Å². The highest BCUT2D eigenvalue weighted by Gasteiger charge is 2.39. The summed E-state index contributed by atoms with van der Waals surface area (Å²) in [5.41, 5.74) is 42.5. The third-order valence-electron chi connectivity index (χ3n) is 27.8. The predicted molar refractivity (Wildman–Crippen MR) is 482 cm³/mol. The van der Waals surface area contributed by atoms with E-state index in [4.69, 9.17) is 27.7 Å². The summed E-state index contributed by atoms with van der Waals surface area (Å²) in [6, 6.07) is 30.0. The first-order chi connectivity index (χ1) is 59.0. The minimum Gasteiger partial charge on any atom is -0.466 e. The van der Waals surface area contributed by atoms with Crippen molar-refractivity contribution in [2.45, 2.75) is 173 Å². The van der Waals surface area contributed by atoms with Crippen molar-refractivity contribution in [3.05, 3.63) is 164 Å². The lowest BCUT2D eigenvalue weighted by atomic mass is 9.79. The van der Waals surface area contributed by atoms with Gasteiger partial charge in [-0.1, -0.05) is 99.0 Å². The Morgan fingerprint density at radius 2 is 0.760 bits per heavy atom. The molecule has 121 heavy (non-hydrogen) atoms. The number of nitrogens with two attached hydrogens (primary N) is 4. The van der Waals surface area contributed by atoms with E-state index in [2.05, 4.69) is 175 Å². The standard InChI is InChI=1S/C26H33N5.C25H31N5O2.C22H28N6O2S.C22H27N5/c27-25-24-23(21-7-2-6-19(12-21)9-8-18-4-1-5-18)16-31(26(24)29-17-28-25)22-13-20(14-22)15-30-10-3-11-30;1-2-32-22(31)8-7-17-5-3-6-19(11-17)21-15-30(25-23(21)24(26)27-16-28-25)20-12-18(13-20)14-29-9-4-10-29;1-31(29,30)6-3-15-7-17(11-24-10-15)19-13-28(22-20(19)21(23)25-14-26-22)18-8-16(9-18)12-27-4-2-5-27;1-2-15-5-3-6-17(9-15)19-13-27(22-20(19)21(23)24-14-25-22)18-10-16(11-18)12-26-7-4-8-26/h2,6-7,12,16-18,20,22H,1,3-5,8-11,13-15H2,(H2,27,28,29);3,5-6,11,15-16,18,20H,2,4,7-10,12-14H2,1H3,(H2,26,27,28);7,10-11,13-14,16,18H,2-6,8-9,12H2,1H3,(H2,23,25,26);3,5-6,9,13-14,16,18H,2,4,7-8,10-12H2,1H3,(H2,23,24,25). The summed E-state index contributed by atoms with van der Waals surface area (Å²) in [6.45, 7) is 19.5. The predicted octanol–water partition coefficient (Wildman–Crippen LogP) is 15.1. The quantitative estimate of drug-likeness (QED) is 0.0348. The fourth-order valence-corrected chi connectivity index (χ4v) is 20.5. The van der Waals surface area contributed by atoms with Gasteiger partial charge < -0.3 is 65.5 Å². The topological polar surface area (TPSA) is 313 Å². The zero-order valence-corrected chi connectivity index (χ0v) is 71.5. The molecule has 0 amide bonds. The molecule has 13 heterocycles. The van der Waals surface area contributed by atoms with Crippen molar-refractivity contribution in [2.24, 2.45) is 29.6 Å². The maximum absolute atomic E-state index is 11.8. The normalized spacial score (nSPS) is 22.2. The molecule has 0 atom stereocenters. The lowest BCUT2D eigenvalue weighted by Crippen LogP contribution is -2.43. The number of hydrogen-bond donors (Lipinski definition) is 4. The number of fused-ring (bicyclic) bond motifs is 4. The van der Waals surface area contributed by atoms with E-state index in [1.807, 2.05) is 25.1 Å². The Hall–Kier alpha value is -10.3. The van der Waals surface area contributed by atoms with Gasteiger partial charge in [0.25, 0.3) is 0 Å². The van der Waals surface area contributed by atoms with Crippen LogP contribution in [0.15, 0.2) is 141 Å². The van der Waals surface area contributed by atoms with Crippen LogP contribution in [0.25, 0.3) is 88.6 Å². The largest absolute Gasteiger partial charge is 0.466 e. The van der Waals surface area contributed by atoms with Gasteiger partial charge in [0.15, 0.2) is 0 Å². The van der Waals surface area contributed by atoms with E-state index in [0.29, 0.717) is 73.3 Å². The average molecular weight is 1650 g/mol. The first-order valence-corrected chi connectivity index (χ1v) is 46.9. The Labute approximate surface area is 710 Å². The van der Waals surface area contributed by atoms with E-state index < -0.39 is 9.84 Å². The van der Waals surface area contributed by atoms with Crippen LogP contribution < -0.4 is 22.9 Å². The number of aromatic nitrogens is 13. The molecule has 0 radical (unpaired) electrons. The number of aryl methyl sites for hydroxylation is 4. The summed E-state index contributed by atoms with van der Waals surface area (Å²) in [6.07, 6.45) is 44.2. The second kappa shape index (κ2) is 36.0. The molecule has 0 unspecified atom stereocenters. The Kier molecular flexibility index (Phi) is 24.4.